The molecule has 1 fully saturated rings. The summed E-state index contributed by atoms with van der Waals surface area (Å²) in [6, 6.07) is 7.65. The van der Waals surface area contributed by atoms with Gasteiger partial charge in [-0.2, -0.15) is 0 Å². The third kappa shape index (κ3) is 3.93. The van der Waals surface area contributed by atoms with E-state index in [9.17, 15) is 4.79 Å². The molecule has 1 aliphatic rings. The van der Waals surface area contributed by atoms with E-state index in [1.165, 1.54) is 19.3 Å². The maximum absolute atomic E-state index is 12.0. The molecule has 0 unspecified atom stereocenters. The molecule has 1 aromatic carbocycles. The third-order valence-corrected chi connectivity index (χ3v) is 3.74. The van der Waals surface area contributed by atoms with Crippen molar-refractivity contribution in [1.82, 2.24) is 4.90 Å². The first kappa shape index (κ1) is 12.8. The second kappa shape index (κ2) is 6.31. The molecule has 0 bridgehead atoms. The molecule has 1 aromatic rings. The van der Waals surface area contributed by atoms with Gasteiger partial charge in [0.2, 0.25) is 0 Å². The van der Waals surface area contributed by atoms with E-state index in [1.807, 2.05) is 24.3 Å². The second-order valence-corrected chi connectivity index (χ2v) is 5.50. The zero-order chi connectivity index (χ0) is 12.1. The molecule has 0 aliphatic carbocycles. The summed E-state index contributed by atoms with van der Waals surface area (Å²) in [5.74, 6) is 0.247. The fourth-order valence-corrected chi connectivity index (χ4v) is 2.65. The highest BCUT2D eigenvalue weighted by atomic mass is 79.9. The minimum Gasteiger partial charge on any atom is -0.303 e. The van der Waals surface area contributed by atoms with Crippen LogP contribution in [-0.4, -0.2) is 30.3 Å². The van der Waals surface area contributed by atoms with Crippen LogP contribution in [0, 0.1) is 0 Å². The van der Waals surface area contributed by atoms with Gasteiger partial charge in [0, 0.05) is 23.0 Å². The van der Waals surface area contributed by atoms with E-state index in [0.29, 0.717) is 6.42 Å². The van der Waals surface area contributed by atoms with Crippen LogP contribution in [0.3, 0.4) is 0 Å². The van der Waals surface area contributed by atoms with Gasteiger partial charge in [-0.1, -0.05) is 34.5 Å². The van der Waals surface area contributed by atoms with Gasteiger partial charge < -0.3 is 4.90 Å². The maximum atomic E-state index is 12.0. The average molecular weight is 296 g/mol. The lowest BCUT2D eigenvalue weighted by molar-refractivity contribution is 0.0958. The molecule has 0 aromatic heterocycles. The van der Waals surface area contributed by atoms with Gasteiger partial charge in [-0.05, 0) is 38.1 Å². The second-order valence-electron chi connectivity index (χ2n) is 4.59. The molecule has 1 heterocycles. The van der Waals surface area contributed by atoms with Crippen molar-refractivity contribution >= 4 is 21.7 Å². The van der Waals surface area contributed by atoms with Crippen LogP contribution in [0.15, 0.2) is 28.7 Å². The highest BCUT2D eigenvalue weighted by Gasteiger charge is 2.12. The SMILES string of the molecule is O=C(CCN1CCCCC1)c1cccc(Br)c1. The molecule has 0 atom stereocenters. The first-order valence-corrected chi connectivity index (χ1v) is 7.06. The average Bonchev–Trinajstić information content (AvgIpc) is 2.37. The Morgan fingerprint density at radius 2 is 2.00 bits per heavy atom. The summed E-state index contributed by atoms with van der Waals surface area (Å²) in [5.41, 5.74) is 0.816. The Kier molecular flexibility index (Phi) is 4.75. The van der Waals surface area contributed by atoms with Gasteiger partial charge in [0.25, 0.3) is 0 Å². The monoisotopic (exact) mass is 295 g/mol. The van der Waals surface area contributed by atoms with E-state index < -0.39 is 0 Å². The van der Waals surface area contributed by atoms with E-state index in [1.54, 1.807) is 0 Å². The van der Waals surface area contributed by atoms with Crippen molar-refractivity contribution in [3.05, 3.63) is 34.3 Å². The van der Waals surface area contributed by atoms with Crippen molar-refractivity contribution in [3.8, 4) is 0 Å². The molecule has 92 valence electrons. The zero-order valence-electron chi connectivity index (χ0n) is 9.99. The van der Waals surface area contributed by atoms with Crippen LogP contribution in [0.1, 0.15) is 36.0 Å². The van der Waals surface area contributed by atoms with Crippen LogP contribution < -0.4 is 0 Å². The highest BCUT2D eigenvalue weighted by Crippen LogP contribution is 2.14. The molecule has 17 heavy (non-hydrogen) atoms. The predicted molar refractivity (Wildman–Crippen MR) is 73.4 cm³/mol. The number of piperidine rings is 1. The van der Waals surface area contributed by atoms with Gasteiger partial charge in [-0.3, -0.25) is 4.79 Å². The number of benzene rings is 1. The number of hydrogen-bond acceptors (Lipinski definition) is 2. The number of halogens is 1. The van der Waals surface area contributed by atoms with Crippen LogP contribution in [0.2, 0.25) is 0 Å². The van der Waals surface area contributed by atoms with E-state index >= 15 is 0 Å². The highest BCUT2D eigenvalue weighted by molar-refractivity contribution is 9.10. The molecule has 1 aliphatic heterocycles. The molecule has 0 saturated carbocycles. The first-order valence-electron chi connectivity index (χ1n) is 6.27. The largest absolute Gasteiger partial charge is 0.303 e. The predicted octanol–water partition coefficient (Wildman–Crippen LogP) is 3.51. The van der Waals surface area contributed by atoms with Gasteiger partial charge in [-0.15, -0.1) is 0 Å². The van der Waals surface area contributed by atoms with Crippen LogP contribution in [0.25, 0.3) is 0 Å². The molecule has 2 rings (SSSR count). The van der Waals surface area contributed by atoms with Crippen LogP contribution in [0.4, 0.5) is 0 Å². The molecule has 0 amide bonds. The lowest BCUT2D eigenvalue weighted by atomic mass is 10.1. The summed E-state index contributed by atoms with van der Waals surface area (Å²) in [4.78, 5) is 14.4. The molecular formula is C14H18BrNO. The maximum Gasteiger partial charge on any atom is 0.164 e. The normalized spacial score (nSPS) is 17.0. The quantitative estimate of drug-likeness (QED) is 0.793. The summed E-state index contributed by atoms with van der Waals surface area (Å²) in [5, 5.41) is 0. The zero-order valence-corrected chi connectivity index (χ0v) is 11.6. The third-order valence-electron chi connectivity index (χ3n) is 3.25. The minimum absolute atomic E-state index is 0.247. The molecule has 0 radical (unpaired) electrons. The van der Waals surface area contributed by atoms with Gasteiger partial charge in [-0.25, -0.2) is 0 Å². The van der Waals surface area contributed by atoms with Crippen molar-refractivity contribution in [2.24, 2.45) is 0 Å². The minimum atomic E-state index is 0.247. The standard InChI is InChI=1S/C14H18BrNO/c15-13-6-4-5-12(11-13)14(17)7-10-16-8-2-1-3-9-16/h4-6,11H,1-3,7-10H2. The van der Waals surface area contributed by atoms with Gasteiger partial charge >= 0.3 is 0 Å². The van der Waals surface area contributed by atoms with Crippen molar-refractivity contribution in [2.75, 3.05) is 19.6 Å². The van der Waals surface area contributed by atoms with Gasteiger partial charge in [0.15, 0.2) is 5.78 Å². The molecule has 0 N–H and O–H groups in total. The first-order chi connectivity index (χ1) is 8.25. The van der Waals surface area contributed by atoms with Crippen molar-refractivity contribution < 1.29 is 4.79 Å². The molecule has 0 spiro atoms. The van der Waals surface area contributed by atoms with Crippen molar-refractivity contribution in [2.45, 2.75) is 25.7 Å². The fraction of sp³-hybridized carbons (Fsp3) is 0.500. The summed E-state index contributed by atoms with van der Waals surface area (Å²) in [6.07, 6.45) is 4.54. The smallest absolute Gasteiger partial charge is 0.164 e. The molecular weight excluding hydrogens is 278 g/mol. The number of carbonyl (C=O) groups is 1. The Bertz CT molecular complexity index is 386. The number of ketones is 1. The van der Waals surface area contributed by atoms with Crippen molar-refractivity contribution in [1.29, 1.82) is 0 Å². The summed E-state index contributed by atoms with van der Waals surface area (Å²) >= 11 is 3.40. The summed E-state index contributed by atoms with van der Waals surface area (Å²) in [6.45, 7) is 3.23. The van der Waals surface area contributed by atoms with E-state index in [2.05, 4.69) is 20.8 Å². The number of hydrogen-bond donors (Lipinski definition) is 0. The van der Waals surface area contributed by atoms with Crippen LogP contribution in [-0.2, 0) is 0 Å². The lowest BCUT2D eigenvalue weighted by Crippen LogP contribution is -2.31. The lowest BCUT2D eigenvalue weighted by Gasteiger charge is -2.25. The number of carbonyl (C=O) groups excluding carboxylic acids is 1. The molecule has 3 heteroatoms. The number of rotatable bonds is 4. The Balaban J connectivity index is 1.84. The van der Waals surface area contributed by atoms with E-state index in [0.717, 1.165) is 29.7 Å². The van der Waals surface area contributed by atoms with Crippen LogP contribution in [0.5, 0.6) is 0 Å². The summed E-state index contributed by atoms with van der Waals surface area (Å²) in [7, 11) is 0. The van der Waals surface area contributed by atoms with Gasteiger partial charge in [0.05, 0.1) is 0 Å². The van der Waals surface area contributed by atoms with E-state index in [4.69, 9.17) is 0 Å². The molecule has 2 nitrogen and oxygen atoms in total. The topological polar surface area (TPSA) is 20.3 Å². The van der Waals surface area contributed by atoms with Crippen LogP contribution >= 0.6 is 15.9 Å². The number of Topliss-reactive ketones (excluding diaryl/α,β-unsaturated/α-hetero) is 1. The Morgan fingerprint density at radius 1 is 1.24 bits per heavy atom. The summed E-state index contributed by atoms with van der Waals surface area (Å²) < 4.78 is 0.973. The van der Waals surface area contributed by atoms with Gasteiger partial charge in [0.1, 0.15) is 0 Å². The Hall–Kier alpha value is -0.670. The molecule has 1 saturated heterocycles. The fourth-order valence-electron chi connectivity index (χ4n) is 2.25. The Labute approximate surface area is 111 Å². The Morgan fingerprint density at radius 3 is 2.71 bits per heavy atom. The van der Waals surface area contributed by atoms with Crippen molar-refractivity contribution in [3.63, 3.8) is 0 Å². The number of likely N-dealkylation sites (tertiary alicyclic amines) is 1. The number of nitrogens with zero attached hydrogens (tertiary/aromatic N) is 1. The van der Waals surface area contributed by atoms with E-state index in [-0.39, 0.29) is 5.78 Å².